The summed E-state index contributed by atoms with van der Waals surface area (Å²) < 4.78 is 31.8. The Balaban J connectivity index is 1.10. The smallest absolute Gasteiger partial charge is 0.237 e. The van der Waals surface area contributed by atoms with Crippen LogP contribution in [0.4, 0.5) is 0 Å². The molecule has 1 fully saturated rings. The van der Waals surface area contributed by atoms with Gasteiger partial charge in [0.1, 0.15) is 11.9 Å². The Hall–Kier alpha value is -4.25. The van der Waals surface area contributed by atoms with Crippen molar-refractivity contribution < 1.29 is 27.9 Å². The molecule has 0 aliphatic carbocycles. The van der Waals surface area contributed by atoms with Gasteiger partial charge >= 0.3 is 0 Å². The molecule has 264 valence electrons. The van der Waals surface area contributed by atoms with Crippen LogP contribution in [0, 0.1) is 5.92 Å². The maximum atomic E-state index is 13.8. The molecule has 1 saturated heterocycles. The number of rotatable bonds is 11. The third-order valence-electron chi connectivity index (χ3n) is 9.76. The van der Waals surface area contributed by atoms with Gasteiger partial charge in [0.2, 0.25) is 11.8 Å². The minimum atomic E-state index is -3.40. The molecule has 0 spiro atoms. The highest BCUT2D eigenvalue weighted by Gasteiger charge is 2.43. The van der Waals surface area contributed by atoms with E-state index in [0.29, 0.717) is 24.9 Å². The van der Waals surface area contributed by atoms with Crippen molar-refractivity contribution in [2.75, 3.05) is 18.8 Å². The van der Waals surface area contributed by atoms with Gasteiger partial charge in [-0.25, -0.2) is 8.42 Å². The summed E-state index contributed by atoms with van der Waals surface area (Å²) >= 11 is 0. The molecule has 2 aliphatic heterocycles. The van der Waals surface area contributed by atoms with Gasteiger partial charge < -0.3 is 20.5 Å². The molecule has 2 amide bonds. The zero-order chi connectivity index (χ0) is 35.5. The van der Waals surface area contributed by atoms with Crippen LogP contribution in [0.2, 0.25) is 0 Å². The van der Waals surface area contributed by atoms with E-state index in [0.717, 1.165) is 27.6 Å². The van der Waals surface area contributed by atoms with Gasteiger partial charge in [0, 0.05) is 31.0 Å². The minimum Gasteiger partial charge on any atom is -0.489 e. The number of likely N-dealkylation sites (tertiary alicyclic amines) is 1. The second-order valence-electron chi connectivity index (χ2n) is 14.7. The fourth-order valence-electron chi connectivity index (χ4n) is 7.29. The van der Waals surface area contributed by atoms with Crippen LogP contribution in [0.3, 0.4) is 0 Å². The standard InChI is InChI=1S/C40H47N3O6S/c1-40(2,3)43-24-34(49-33-18-17-28-13-7-8-14-29(28)21-33)22-37(43)39(46)41-23-32(44)20-31(19-27-11-5-4-6-12-27)38(45)42-36-26-50(47,48)25-30-15-9-10-16-35(30)36/h4-18,21,31-32,34,36-37,44H,19-20,22-26H2,1-3H3,(H,41,46)(H,42,45)/t31-,32+,34+,36-,37?/m1/s1. The highest BCUT2D eigenvalue weighted by molar-refractivity contribution is 7.90. The first-order valence-corrected chi connectivity index (χ1v) is 19.2. The van der Waals surface area contributed by atoms with Crippen molar-refractivity contribution in [3.05, 3.63) is 114 Å². The number of carbonyl (C=O) groups excluding carboxylic acids is 2. The van der Waals surface area contributed by atoms with Gasteiger partial charge in [-0.1, -0.05) is 84.9 Å². The van der Waals surface area contributed by atoms with Crippen LogP contribution in [-0.4, -0.2) is 72.9 Å². The molecule has 50 heavy (non-hydrogen) atoms. The molecule has 0 radical (unpaired) electrons. The number of sulfone groups is 1. The molecule has 0 saturated carbocycles. The molecule has 5 atom stereocenters. The Morgan fingerprint density at radius 3 is 2.40 bits per heavy atom. The molecule has 4 aromatic rings. The Labute approximate surface area is 295 Å². The molecule has 1 unspecified atom stereocenters. The Bertz CT molecular complexity index is 1930. The number of hydrogen-bond donors (Lipinski definition) is 3. The summed E-state index contributed by atoms with van der Waals surface area (Å²) in [5.74, 6) is -0.652. The SMILES string of the molecule is CC(C)(C)N1C[C@@H](Oc2ccc3ccccc3c2)CC1C(=O)NC[C@@H](O)C[C@@H](Cc1ccccc1)C(=O)N[C@@H]1CS(=O)(=O)Cc2ccccc21. The Kier molecular flexibility index (Phi) is 10.6. The second-order valence-corrected chi connectivity index (χ2v) is 16.8. The normalized spacial score (nSPS) is 21.6. The Morgan fingerprint density at radius 1 is 0.940 bits per heavy atom. The summed E-state index contributed by atoms with van der Waals surface area (Å²) in [6.45, 7) is 6.77. The lowest BCUT2D eigenvalue weighted by molar-refractivity contribution is -0.127. The van der Waals surface area contributed by atoms with E-state index in [9.17, 15) is 23.1 Å². The summed E-state index contributed by atoms with van der Waals surface area (Å²) in [6.07, 6.45) is -0.258. The molecule has 0 bridgehead atoms. The highest BCUT2D eigenvalue weighted by Crippen LogP contribution is 2.32. The van der Waals surface area contributed by atoms with Gasteiger partial charge in [-0.05, 0) is 73.2 Å². The van der Waals surface area contributed by atoms with Crippen LogP contribution in [0.25, 0.3) is 10.8 Å². The topological polar surface area (TPSA) is 125 Å². The first-order chi connectivity index (χ1) is 23.8. The van der Waals surface area contributed by atoms with Crippen molar-refractivity contribution in [1.29, 1.82) is 0 Å². The van der Waals surface area contributed by atoms with E-state index < -0.39 is 33.9 Å². The third-order valence-corrected chi connectivity index (χ3v) is 11.3. The zero-order valence-electron chi connectivity index (χ0n) is 28.9. The number of fused-ring (bicyclic) bond motifs is 2. The van der Waals surface area contributed by atoms with Crippen molar-refractivity contribution in [3.63, 3.8) is 0 Å². The van der Waals surface area contributed by atoms with E-state index in [2.05, 4.69) is 42.4 Å². The van der Waals surface area contributed by atoms with E-state index in [1.165, 1.54) is 0 Å². The third kappa shape index (κ3) is 8.72. The van der Waals surface area contributed by atoms with E-state index in [1.807, 2.05) is 78.9 Å². The number of nitrogens with one attached hydrogen (secondary N) is 2. The summed E-state index contributed by atoms with van der Waals surface area (Å²) in [5.41, 5.74) is 2.11. The van der Waals surface area contributed by atoms with Crippen LogP contribution in [0.5, 0.6) is 5.75 Å². The lowest BCUT2D eigenvalue weighted by Gasteiger charge is -2.36. The van der Waals surface area contributed by atoms with Crippen molar-refractivity contribution >= 4 is 32.4 Å². The maximum absolute atomic E-state index is 13.8. The molecule has 10 heteroatoms. The summed E-state index contributed by atoms with van der Waals surface area (Å²) in [7, 11) is -3.40. The van der Waals surface area contributed by atoms with Crippen molar-refractivity contribution in [2.24, 2.45) is 5.92 Å². The Morgan fingerprint density at radius 2 is 1.64 bits per heavy atom. The molecular formula is C40H47N3O6S. The zero-order valence-corrected chi connectivity index (χ0v) is 29.7. The molecule has 6 rings (SSSR count). The molecule has 2 heterocycles. The molecular weight excluding hydrogens is 651 g/mol. The van der Waals surface area contributed by atoms with E-state index in [1.54, 1.807) is 12.1 Å². The molecule has 4 aromatic carbocycles. The van der Waals surface area contributed by atoms with Gasteiger partial charge in [-0.15, -0.1) is 0 Å². The lowest BCUT2D eigenvalue weighted by Crippen LogP contribution is -2.52. The quantitative estimate of drug-likeness (QED) is 0.202. The predicted octanol–water partition coefficient (Wildman–Crippen LogP) is 4.97. The van der Waals surface area contributed by atoms with Crippen molar-refractivity contribution in [3.8, 4) is 5.75 Å². The number of hydrogen-bond acceptors (Lipinski definition) is 7. The van der Waals surface area contributed by atoms with E-state index in [4.69, 9.17) is 4.74 Å². The summed E-state index contributed by atoms with van der Waals surface area (Å²) in [5, 5.41) is 19.4. The highest BCUT2D eigenvalue weighted by atomic mass is 32.2. The van der Waals surface area contributed by atoms with Crippen LogP contribution in [-0.2, 0) is 31.6 Å². The van der Waals surface area contributed by atoms with Crippen molar-refractivity contribution in [2.45, 2.75) is 75.6 Å². The maximum Gasteiger partial charge on any atom is 0.237 e. The molecule has 3 N–H and O–H groups in total. The molecule has 0 aromatic heterocycles. The predicted molar refractivity (Wildman–Crippen MR) is 195 cm³/mol. The van der Waals surface area contributed by atoms with E-state index >= 15 is 0 Å². The second kappa shape index (κ2) is 14.9. The number of aliphatic hydroxyl groups is 1. The number of benzene rings is 4. The number of amides is 2. The number of aliphatic hydroxyl groups excluding tert-OH is 1. The van der Waals surface area contributed by atoms with Gasteiger partial charge in [0.05, 0.1) is 29.7 Å². The van der Waals surface area contributed by atoms with Crippen LogP contribution in [0.1, 0.15) is 56.3 Å². The van der Waals surface area contributed by atoms with E-state index in [-0.39, 0.29) is 47.9 Å². The summed E-state index contributed by atoms with van der Waals surface area (Å²) in [6, 6.07) is 29.8. The van der Waals surface area contributed by atoms with Gasteiger partial charge in [-0.3, -0.25) is 14.5 Å². The van der Waals surface area contributed by atoms with Crippen LogP contribution in [0.15, 0.2) is 97.1 Å². The fraction of sp³-hybridized carbons (Fsp3) is 0.400. The minimum absolute atomic E-state index is 0.0251. The van der Waals surface area contributed by atoms with Crippen molar-refractivity contribution in [1.82, 2.24) is 15.5 Å². The molecule has 9 nitrogen and oxygen atoms in total. The van der Waals surface area contributed by atoms with Crippen LogP contribution < -0.4 is 15.4 Å². The average Bonchev–Trinajstić information content (AvgIpc) is 3.51. The number of ether oxygens (including phenoxy) is 1. The van der Waals surface area contributed by atoms with Gasteiger partial charge in [-0.2, -0.15) is 0 Å². The average molecular weight is 698 g/mol. The van der Waals surface area contributed by atoms with Crippen LogP contribution >= 0.6 is 0 Å². The number of carbonyl (C=O) groups is 2. The molecule has 2 aliphatic rings. The first kappa shape index (κ1) is 35.6. The largest absolute Gasteiger partial charge is 0.489 e. The lowest BCUT2D eigenvalue weighted by atomic mass is 9.91. The van der Waals surface area contributed by atoms with Gasteiger partial charge in [0.15, 0.2) is 9.84 Å². The first-order valence-electron chi connectivity index (χ1n) is 17.3. The fourth-order valence-corrected chi connectivity index (χ4v) is 8.92. The van der Waals surface area contributed by atoms with Gasteiger partial charge in [0.25, 0.3) is 0 Å². The summed E-state index contributed by atoms with van der Waals surface area (Å²) in [4.78, 5) is 29.6. The monoisotopic (exact) mass is 697 g/mol. The number of nitrogens with zero attached hydrogens (tertiary/aromatic N) is 1.